The number of halogens is 1. The Bertz CT molecular complexity index is 1180. The lowest BCUT2D eigenvalue weighted by molar-refractivity contribution is 0.296. The first-order valence-corrected chi connectivity index (χ1v) is 9.57. The van der Waals surface area contributed by atoms with Crippen molar-refractivity contribution in [2.75, 3.05) is 7.11 Å². The van der Waals surface area contributed by atoms with E-state index in [4.69, 9.17) is 31.5 Å². The molecule has 0 amide bonds. The van der Waals surface area contributed by atoms with E-state index < -0.39 is 5.92 Å². The Balaban J connectivity index is 1.74. The summed E-state index contributed by atoms with van der Waals surface area (Å²) in [6.07, 6.45) is 0. The van der Waals surface area contributed by atoms with Crippen LogP contribution >= 0.6 is 11.6 Å². The van der Waals surface area contributed by atoms with Gasteiger partial charge in [0, 0.05) is 21.8 Å². The minimum atomic E-state index is -0.409. The first-order valence-electron chi connectivity index (χ1n) is 9.19. The normalized spacial score (nSPS) is 15.2. The van der Waals surface area contributed by atoms with Gasteiger partial charge in [0.05, 0.1) is 13.0 Å². The van der Waals surface area contributed by atoms with E-state index in [1.54, 1.807) is 19.2 Å². The Morgan fingerprint density at radius 2 is 2.13 bits per heavy atom. The summed E-state index contributed by atoms with van der Waals surface area (Å²) >= 11 is 6.04. The number of aromatic amines is 1. The van der Waals surface area contributed by atoms with Crippen LogP contribution in [0.4, 0.5) is 0 Å². The van der Waals surface area contributed by atoms with Gasteiger partial charge in [-0.25, -0.2) is 0 Å². The number of benzene rings is 2. The van der Waals surface area contributed by atoms with Gasteiger partial charge in [0.15, 0.2) is 0 Å². The van der Waals surface area contributed by atoms with Crippen LogP contribution in [0.2, 0.25) is 5.02 Å². The Labute approximate surface area is 178 Å². The lowest BCUT2D eigenvalue weighted by Crippen LogP contribution is -2.21. The highest BCUT2D eigenvalue weighted by atomic mass is 35.5. The van der Waals surface area contributed by atoms with Crippen molar-refractivity contribution in [1.29, 1.82) is 5.26 Å². The third kappa shape index (κ3) is 3.53. The maximum atomic E-state index is 9.73. The molecule has 0 bridgehead atoms. The topological polar surface area (TPSA) is 106 Å². The molecule has 1 aromatic heterocycles. The molecule has 3 aromatic rings. The monoisotopic (exact) mass is 422 g/mol. The number of ether oxygens (including phenoxy) is 3. The lowest BCUT2D eigenvalue weighted by Gasteiger charge is -2.24. The zero-order valence-electron chi connectivity index (χ0n) is 16.4. The molecule has 2 heterocycles. The number of fused-ring (bicyclic) bond motifs is 1. The second kappa shape index (κ2) is 8.01. The molecule has 4 rings (SSSR count). The Kier molecular flexibility index (Phi) is 5.25. The van der Waals surface area contributed by atoms with Crippen LogP contribution in [-0.4, -0.2) is 17.3 Å². The van der Waals surface area contributed by atoms with Gasteiger partial charge < -0.3 is 19.9 Å². The van der Waals surface area contributed by atoms with Gasteiger partial charge >= 0.3 is 0 Å². The van der Waals surface area contributed by atoms with Crippen molar-refractivity contribution in [2.45, 2.75) is 19.4 Å². The maximum Gasteiger partial charge on any atom is 0.244 e. The second-order valence-electron chi connectivity index (χ2n) is 6.81. The average Bonchev–Trinajstić information content (AvgIpc) is 3.11. The number of nitrogens with zero attached hydrogens (tertiary/aromatic N) is 2. The smallest absolute Gasteiger partial charge is 0.244 e. The molecule has 1 aliphatic rings. The average molecular weight is 423 g/mol. The number of nitrogens with one attached hydrogen (secondary N) is 1. The third-order valence-corrected chi connectivity index (χ3v) is 5.19. The third-order valence-electron chi connectivity index (χ3n) is 4.96. The van der Waals surface area contributed by atoms with Crippen LogP contribution in [0.15, 0.2) is 53.9 Å². The van der Waals surface area contributed by atoms with Crippen LogP contribution in [0.3, 0.4) is 0 Å². The first kappa shape index (κ1) is 19.7. The predicted molar refractivity (Wildman–Crippen MR) is 111 cm³/mol. The molecule has 152 valence electrons. The summed E-state index contributed by atoms with van der Waals surface area (Å²) in [6.45, 7) is 2.14. The largest absolute Gasteiger partial charge is 0.496 e. The summed E-state index contributed by atoms with van der Waals surface area (Å²) in [6, 6.07) is 15.1. The lowest BCUT2D eigenvalue weighted by atomic mass is 9.83. The SMILES string of the molecule is COc1ccc([C@@H]2C(C#N)=C(N)Oc3n[nH]c(C)c32)cc1COc1cccc(Cl)c1. The summed E-state index contributed by atoms with van der Waals surface area (Å²) in [4.78, 5) is 0. The van der Waals surface area contributed by atoms with Crippen molar-refractivity contribution >= 4 is 11.6 Å². The molecule has 8 heteroatoms. The number of aromatic nitrogens is 2. The number of nitrogens with two attached hydrogens (primary N) is 1. The highest BCUT2D eigenvalue weighted by molar-refractivity contribution is 6.30. The summed E-state index contributed by atoms with van der Waals surface area (Å²) in [5.74, 6) is 1.34. The fourth-order valence-electron chi connectivity index (χ4n) is 3.54. The van der Waals surface area contributed by atoms with Gasteiger partial charge in [0.1, 0.15) is 29.7 Å². The number of hydrogen-bond acceptors (Lipinski definition) is 6. The van der Waals surface area contributed by atoms with Gasteiger partial charge in [-0.15, -0.1) is 5.10 Å². The van der Waals surface area contributed by atoms with Crippen LogP contribution < -0.4 is 19.9 Å². The molecule has 1 atom stereocenters. The van der Waals surface area contributed by atoms with Crippen LogP contribution in [-0.2, 0) is 6.61 Å². The van der Waals surface area contributed by atoms with Crippen molar-refractivity contribution in [3.63, 3.8) is 0 Å². The highest BCUT2D eigenvalue weighted by Gasteiger charge is 2.34. The van der Waals surface area contributed by atoms with Crippen molar-refractivity contribution in [3.8, 4) is 23.4 Å². The van der Waals surface area contributed by atoms with Crippen molar-refractivity contribution in [3.05, 3.63) is 81.3 Å². The Hall–Kier alpha value is -3.63. The maximum absolute atomic E-state index is 9.73. The summed E-state index contributed by atoms with van der Waals surface area (Å²) < 4.78 is 16.9. The molecule has 0 spiro atoms. The molecule has 0 fully saturated rings. The molecule has 3 N–H and O–H groups in total. The molecule has 0 radical (unpaired) electrons. The zero-order valence-corrected chi connectivity index (χ0v) is 17.2. The molecule has 0 saturated carbocycles. The van der Waals surface area contributed by atoms with Gasteiger partial charge in [0.2, 0.25) is 11.8 Å². The Morgan fingerprint density at radius 3 is 2.87 bits per heavy atom. The number of aryl methyl sites for hydroxylation is 1. The molecular weight excluding hydrogens is 404 g/mol. The molecule has 7 nitrogen and oxygen atoms in total. The van der Waals surface area contributed by atoms with Crippen LogP contribution in [0.5, 0.6) is 17.4 Å². The molecule has 2 aromatic carbocycles. The number of rotatable bonds is 5. The van der Waals surface area contributed by atoms with E-state index in [1.807, 2.05) is 37.3 Å². The zero-order chi connectivity index (χ0) is 21.3. The van der Waals surface area contributed by atoms with Gasteiger partial charge in [-0.1, -0.05) is 23.7 Å². The first-order chi connectivity index (χ1) is 14.5. The minimum Gasteiger partial charge on any atom is -0.496 e. The van der Waals surface area contributed by atoms with E-state index >= 15 is 0 Å². The Morgan fingerprint density at radius 1 is 1.30 bits per heavy atom. The van der Waals surface area contributed by atoms with Gasteiger partial charge in [-0.05, 0) is 42.8 Å². The molecule has 0 aliphatic carbocycles. The van der Waals surface area contributed by atoms with Crippen LogP contribution in [0.25, 0.3) is 0 Å². The van der Waals surface area contributed by atoms with E-state index in [9.17, 15) is 5.26 Å². The molecule has 30 heavy (non-hydrogen) atoms. The highest BCUT2D eigenvalue weighted by Crippen LogP contribution is 2.43. The number of allylic oxidation sites excluding steroid dienone is 1. The van der Waals surface area contributed by atoms with Gasteiger partial charge in [0.25, 0.3) is 0 Å². The summed E-state index contributed by atoms with van der Waals surface area (Å²) in [7, 11) is 1.60. The van der Waals surface area contributed by atoms with Crippen molar-refractivity contribution < 1.29 is 14.2 Å². The number of H-pyrrole nitrogens is 1. The van der Waals surface area contributed by atoms with Gasteiger partial charge in [-0.2, -0.15) is 5.26 Å². The van der Waals surface area contributed by atoms with E-state index in [-0.39, 0.29) is 12.5 Å². The number of methoxy groups -OCH3 is 1. The fourth-order valence-corrected chi connectivity index (χ4v) is 3.72. The standard InChI is InChI=1S/C22H19ClN4O3/c1-12-19-20(17(10-24)21(25)30-22(19)27-26-12)13-6-7-18(28-2)14(8-13)11-29-16-5-3-4-15(23)9-16/h3-9,20H,11,25H2,1-2H3,(H,26,27)/t20-/m1/s1. The van der Waals surface area contributed by atoms with Crippen LogP contribution in [0, 0.1) is 18.3 Å². The van der Waals surface area contributed by atoms with Gasteiger partial charge in [-0.3, -0.25) is 5.10 Å². The van der Waals surface area contributed by atoms with Crippen molar-refractivity contribution in [1.82, 2.24) is 10.2 Å². The van der Waals surface area contributed by atoms with E-state index in [0.717, 1.165) is 22.4 Å². The summed E-state index contributed by atoms with van der Waals surface area (Å²) in [5.41, 5.74) is 9.60. The van der Waals surface area contributed by atoms with Crippen molar-refractivity contribution in [2.24, 2.45) is 5.73 Å². The van der Waals surface area contributed by atoms with Crippen LogP contribution in [0.1, 0.15) is 28.3 Å². The second-order valence-corrected chi connectivity index (χ2v) is 7.25. The number of nitriles is 1. The predicted octanol–water partition coefficient (Wildman–Crippen LogP) is 4.18. The minimum absolute atomic E-state index is 0.0500. The van der Waals surface area contributed by atoms with E-state index in [0.29, 0.717) is 28.0 Å². The summed E-state index contributed by atoms with van der Waals surface area (Å²) in [5, 5.41) is 17.4. The molecule has 0 saturated heterocycles. The number of hydrogen-bond donors (Lipinski definition) is 2. The molecular formula is C22H19ClN4O3. The van der Waals surface area contributed by atoms with E-state index in [2.05, 4.69) is 16.3 Å². The van der Waals surface area contributed by atoms with E-state index in [1.165, 1.54) is 0 Å². The quantitative estimate of drug-likeness (QED) is 0.638. The fraction of sp³-hybridized carbons (Fsp3) is 0.182. The molecule has 0 unspecified atom stereocenters. The molecule has 1 aliphatic heterocycles.